The molecule has 2 aromatic rings. The lowest BCUT2D eigenvalue weighted by Gasteiger charge is -2.27. The number of hydrogen-bond acceptors (Lipinski definition) is 7. The van der Waals surface area contributed by atoms with Crippen molar-refractivity contribution in [2.75, 3.05) is 39.4 Å². The van der Waals surface area contributed by atoms with Crippen LogP contribution in [0.3, 0.4) is 0 Å². The van der Waals surface area contributed by atoms with E-state index in [1.807, 2.05) is 11.1 Å². The highest BCUT2D eigenvalue weighted by molar-refractivity contribution is 5.94. The number of hydrogen-bond donors (Lipinski definition) is 2. The van der Waals surface area contributed by atoms with E-state index in [9.17, 15) is 31.1 Å². The monoisotopic (exact) mass is 569 g/mol. The number of pyridine rings is 1. The largest absolute Gasteiger partial charge is 0.490 e. The second-order valence-electron chi connectivity index (χ2n) is 8.09. The molecule has 4 rings (SSSR count). The van der Waals surface area contributed by atoms with E-state index in [1.54, 1.807) is 24.5 Å². The van der Waals surface area contributed by atoms with Crippen molar-refractivity contribution < 1.29 is 55.7 Å². The predicted molar refractivity (Wildman–Crippen MR) is 120 cm³/mol. The number of alkyl halides is 6. The SMILES string of the molecule is O=C(O)C(F)(F)F.O=C(O)C(F)(F)F.O=C(c1ccncc1)N1CCc2ncc(CN3CCOCC3)n2CC1. The first-order valence-electron chi connectivity index (χ1n) is 11.3. The molecule has 4 heterocycles. The lowest BCUT2D eigenvalue weighted by molar-refractivity contribution is -0.193. The van der Waals surface area contributed by atoms with Crippen LogP contribution >= 0.6 is 0 Å². The smallest absolute Gasteiger partial charge is 0.475 e. The van der Waals surface area contributed by atoms with Gasteiger partial charge >= 0.3 is 24.3 Å². The fourth-order valence-corrected chi connectivity index (χ4v) is 3.49. The standard InChI is InChI=1S/C18H23N5O2.2C2HF3O2/c24-18(15-1-4-19-5-2-15)22-6-3-17-20-13-16(23(17)8-7-22)14-21-9-11-25-12-10-21;2*3-2(4,5)1(6)7/h1-2,4-5,13H,3,6-12,14H2;2*(H,6,7). The molecule has 0 bridgehead atoms. The van der Waals surface area contributed by atoms with Gasteiger partial charge in [-0.2, -0.15) is 26.3 Å². The number of ether oxygens (including phenoxy) is 1. The van der Waals surface area contributed by atoms with Crippen molar-refractivity contribution in [1.82, 2.24) is 24.3 Å². The van der Waals surface area contributed by atoms with Crippen LogP contribution in [0.15, 0.2) is 30.7 Å². The molecule has 0 atom stereocenters. The number of nitrogens with zero attached hydrogens (tertiary/aromatic N) is 5. The summed E-state index contributed by atoms with van der Waals surface area (Å²) in [5, 5.41) is 14.2. The maximum absolute atomic E-state index is 12.7. The van der Waals surface area contributed by atoms with Crippen molar-refractivity contribution in [3.05, 3.63) is 47.8 Å². The number of aromatic nitrogens is 3. The third-order valence-electron chi connectivity index (χ3n) is 5.41. The molecule has 0 saturated carbocycles. The van der Waals surface area contributed by atoms with Crippen LogP contribution in [0.25, 0.3) is 0 Å². The van der Waals surface area contributed by atoms with E-state index in [4.69, 9.17) is 24.5 Å². The molecule has 39 heavy (non-hydrogen) atoms. The van der Waals surface area contributed by atoms with Gasteiger partial charge in [0.2, 0.25) is 0 Å². The lowest BCUT2D eigenvalue weighted by atomic mass is 10.2. The first-order chi connectivity index (χ1) is 18.2. The summed E-state index contributed by atoms with van der Waals surface area (Å²) in [6.45, 7) is 6.64. The number of morpholine rings is 1. The number of amides is 1. The fraction of sp³-hybridized carbons (Fsp3) is 0.500. The van der Waals surface area contributed by atoms with E-state index in [-0.39, 0.29) is 5.91 Å². The third kappa shape index (κ3) is 10.2. The van der Waals surface area contributed by atoms with Crippen molar-refractivity contribution in [3.8, 4) is 0 Å². The summed E-state index contributed by atoms with van der Waals surface area (Å²) in [6.07, 6.45) is -4.06. The second kappa shape index (κ2) is 13.9. The average Bonchev–Trinajstić information content (AvgIpc) is 3.12. The highest BCUT2D eigenvalue weighted by Crippen LogP contribution is 2.16. The Kier molecular flexibility index (Phi) is 11.2. The maximum atomic E-state index is 12.7. The zero-order valence-electron chi connectivity index (χ0n) is 20.3. The maximum Gasteiger partial charge on any atom is 0.490 e. The molecular weight excluding hydrogens is 544 g/mol. The Morgan fingerprint density at radius 1 is 0.872 bits per heavy atom. The van der Waals surface area contributed by atoms with Gasteiger partial charge in [-0.1, -0.05) is 0 Å². The molecule has 1 saturated heterocycles. The molecule has 11 nitrogen and oxygen atoms in total. The first-order valence-corrected chi connectivity index (χ1v) is 11.3. The van der Waals surface area contributed by atoms with Gasteiger partial charge in [0, 0.05) is 69.8 Å². The van der Waals surface area contributed by atoms with Crippen molar-refractivity contribution in [3.63, 3.8) is 0 Å². The number of rotatable bonds is 3. The van der Waals surface area contributed by atoms with Gasteiger partial charge in [-0.25, -0.2) is 14.6 Å². The first kappa shape index (κ1) is 31.5. The second-order valence-corrected chi connectivity index (χ2v) is 8.09. The molecule has 0 spiro atoms. The summed E-state index contributed by atoms with van der Waals surface area (Å²) in [7, 11) is 0. The lowest BCUT2D eigenvalue weighted by Crippen LogP contribution is -2.36. The summed E-state index contributed by atoms with van der Waals surface area (Å²) in [6, 6.07) is 3.55. The summed E-state index contributed by atoms with van der Waals surface area (Å²) in [5.41, 5.74) is 1.93. The van der Waals surface area contributed by atoms with E-state index in [0.29, 0.717) is 18.7 Å². The minimum Gasteiger partial charge on any atom is -0.475 e. The van der Waals surface area contributed by atoms with Gasteiger partial charge in [0.15, 0.2) is 0 Å². The highest BCUT2D eigenvalue weighted by atomic mass is 19.4. The molecule has 2 aliphatic rings. The zero-order chi connectivity index (χ0) is 29.2. The average molecular weight is 569 g/mol. The summed E-state index contributed by atoms with van der Waals surface area (Å²) in [5.74, 6) is -4.36. The molecule has 1 fully saturated rings. The van der Waals surface area contributed by atoms with Gasteiger partial charge in [-0.05, 0) is 12.1 Å². The third-order valence-corrected chi connectivity index (χ3v) is 5.41. The summed E-state index contributed by atoms with van der Waals surface area (Å²) < 4.78 is 71.2. The molecule has 0 aromatic carbocycles. The van der Waals surface area contributed by atoms with Crippen molar-refractivity contribution >= 4 is 17.8 Å². The van der Waals surface area contributed by atoms with Gasteiger partial charge in [0.25, 0.3) is 5.91 Å². The number of aliphatic carboxylic acids is 2. The molecule has 2 N–H and O–H groups in total. The van der Waals surface area contributed by atoms with Crippen LogP contribution in [0.1, 0.15) is 21.9 Å². The van der Waals surface area contributed by atoms with E-state index in [2.05, 4.69) is 19.4 Å². The molecule has 0 radical (unpaired) electrons. The zero-order valence-corrected chi connectivity index (χ0v) is 20.3. The molecule has 2 aromatic heterocycles. The molecule has 0 unspecified atom stereocenters. The van der Waals surface area contributed by atoms with Crippen molar-refractivity contribution in [1.29, 1.82) is 0 Å². The van der Waals surface area contributed by atoms with Gasteiger partial charge in [0.1, 0.15) is 5.82 Å². The minimum atomic E-state index is -5.08. The Hall–Kier alpha value is -3.73. The molecule has 216 valence electrons. The van der Waals surface area contributed by atoms with Gasteiger partial charge in [0.05, 0.1) is 18.9 Å². The Morgan fingerprint density at radius 2 is 1.41 bits per heavy atom. The number of imidazole rings is 1. The predicted octanol–water partition coefficient (Wildman–Crippen LogP) is 2.08. The van der Waals surface area contributed by atoms with Gasteiger partial charge < -0.3 is 24.4 Å². The number of carboxylic acids is 2. The Bertz CT molecular complexity index is 1080. The van der Waals surface area contributed by atoms with Gasteiger partial charge in [-0.15, -0.1) is 0 Å². The Balaban J connectivity index is 0.000000317. The normalized spacial score (nSPS) is 16.0. The summed E-state index contributed by atoms with van der Waals surface area (Å²) >= 11 is 0. The minimum absolute atomic E-state index is 0.0721. The molecule has 1 amide bonds. The number of halogens is 6. The van der Waals surface area contributed by atoms with Crippen LogP contribution in [0, 0.1) is 0 Å². The number of carbonyl (C=O) groups is 3. The number of fused-ring (bicyclic) bond motifs is 1. The van der Waals surface area contributed by atoms with Crippen molar-refractivity contribution in [2.24, 2.45) is 0 Å². The van der Waals surface area contributed by atoms with Gasteiger partial charge in [-0.3, -0.25) is 14.7 Å². The molecule has 0 aliphatic carbocycles. The molecular formula is C22H25F6N5O6. The fourth-order valence-electron chi connectivity index (χ4n) is 3.49. The summed E-state index contributed by atoms with van der Waals surface area (Å²) in [4.78, 5) is 43.4. The highest BCUT2D eigenvalue weighted by Gasteiger charge is 2.38. The van der Waals surface area contributed by atoms with Crippen LogP contribution in [0.5, 0.6) is 0 Å². The number of carbonyl (C=O) groups excluding carboxylic acids is 1. The van der Waals surface area contributed by atoms with E-state index >= 15 is 0 Å². The van der Waals surface area contributed by atoms with Crippen LogP contribution in [-0.2, 0) is 33.8 Å². The van der Waals surface area contributed by atoms with Crippen LogP contribution in [-0.4, -0.2) is 104 Å². The van der Waals surface area contributed by atoms with Crippen molar-refractivity contribution in [2.45, 2.75) is 31.9 Å². The topological polar surface area (TPSA) is 138 Å². The van der Waals surface area contributed by atoms with Crippen LogP contribution in [0.2, 0.25) is 0 Å². The van der Waals surface area contributed by atoms with E-state index in [0.717, 1.165) is 51.6 Å². The molecule has 17 heteroatoms. The van der Waals surface area contributed by atoms with Crippen LogP contribution in [0.4, 0.5) is 26.3 Å². The van der Waals surface area contributed by atoms with Crippen LogP contribution < -0.4 is 0 Å². The Morgan fingerprint density at radius 3 is 1.92 bits per heavy atom. The van der Waals surface area contributed by atoms with E-state index < -0.39 is 24.3 Å². The number of carboxylic acid groups (broad SMARTS) is 2. The molecule has 2 aliphatic heterocycles. The quantitative estimate of drug-likeness (QED) is 0.532. The Labute approximate surface area is 217 Å². The van der Waals surface area contributed by atoms with E-state index in [1.165, 1.54) is 5.69 Å².